The third kappa shape index (κ3) is 2.18. The second-order valence-corrected chi connectivity index (χ2v) is 3.84. The molecule has 0 saturated carbocycles. The lowest BCUT2D eigenvalue weighted by molar-refractivity contribution is 0.239. The number of carbonyl (C=O) groups is 1. The van der Waals surface area contributed by atoms with E-state index >= 15 is 0 Å². The summed E-state index contributed by atoms with van der Waals surface area (Å²) in [6, 6.07) is 8.02. The Hall–Kier alpha value is -1.77. The van der Waals surface area contributed by atoms with Gasteiger partial charge in [-0.15, -0.1) is 0 Å². The van der Waals surface area contributed by atoms with Crippen molar-refractivity contribution < 1.29 is 4.79 Å². The first-order valence-corrected chi connectivity index (χ1v) is 4.97. The van der Waals surface area contributed by atoms with Crippen molar-refractivity contribution in [3.63, 3.8) is 0 Å². The number of aryl methyl sites for hydroxylation is 1. The molecular formula is C12H14N2O. The zero-order chi connectivity index (χ0) is 10.8. The molecule has 0 bridgehead atoms. The standard InChI is InChI=1S/C12H14N2O/c1-8-3-5-10(6-4-8)11-7-9(2)13-12(15)14-11/h3-7,11H,1-2H3,(H2,13,14,15). The summed E-state index contributed by atoms with van der Waals surface area (Å²) >= 11 is 0. The van der Waals surface area contributed by atoms with Gasteiger partial charge in [-0.2, -0.15) is 0 Å². The quantitative estimate of drug-likeness (QED) is 0.720. The van der Waals surface area contributed by atoms with Crippen LogP contribution in [0, 0.1) is 6.92 Å². The Balaban J connectivity index is 2.27. The molecule has 0 aromatic heterocycles. The number of carbonyl (C=O) groups excluding carboxylic acids is 1. The van der Waals surface area contributed by atoms with Gasteiger partial charge in [0.25, 0.3) is 0 Å². The molecule has 0 spiro atoms. The van der Waals surface area contributed by atoms with Crippen LogP contribution in [0.1, 0.15) is 24.1 Å². The van der Waals surface area contributed by atoms with Crippen molar-refractivity contribution in [2.45, 2.75) is 19.9 Å². The molecule has 3 heteroatoms. The first kappa shape index (κ1) is 9.77. The monoisotopic (exact) mass is 202 g/mol. The predicted octanol–water partition coefficient (Wildman–Crippen LogP) is 2.25. The molecule has 1 aromatic carbocycles. The number of allylic oxidation sites excluding steroid dienone is 1. The number of hydrogen-bond donors (Lipinski definition) is 2. The topological polar surface area (TPSA) is 41.1 Å². The molecule has 0 aliphatic carbocycles. The molecular weight excluding hydrogens is 188 g/mol. The summed E-state index contributed by atoms with van der Waals surface area (Å²) in [6.07, 6.45) is 2.01. The van der Waals surface area contributed by atoms with Crippen LogP contribution in [-0.4, -0.2) is 6.03 Å². The molecule has 1 aliphatic rings. The van der Waals surface area contributed by atoms with Gasteiger partial charge in [-0.05, 0) is 25.5 Å². The highest BCUT2D eigenvalue weighted by Gasteiger charge is 2.16. The van der Waals surface area contributed by atoms with Gasteiger partial charge in [0.05, 0.1) is 6.04 Å². The van der Waals surface area contributed by atoms with Gasteiger partial charge < -0.3 is 10.6 Å². The van der Waals surface area contributed by atoms with Gasteiger partial charge in [0.2, 0.25) is 0 Å². The first-order chi connectivity index (χ1) is 7.15. The van der Waals surface area contributed by atoms with E-state index in [0.29, 0.717) is 0 Å². The van der Waals surface area contributed by atoms with Gasteiger partial charge in [0.1, 0.15) is 0 Å². The fourth-order valence-corrected chi connectivity index (χ4v) is 1.64. The number of rotatable bonds is 1. The second-order valence-electron chi connectivity index (χ2n) is 3.84. The average molecular weight is 202 g/mol. The number of benzene rings is 1. The summed E-state index contributed by atoms with van der Waals surface area (Å²) in [5, 5.41) is 5.56. The van der Waals surface area contributed by atoms with Crippen LogP contribution in [-0.2, 0) is 0 Å². The maximum atomic E-state index is 11.3. The lowest BCUT2D eigenvalue weighted by Gasteiger charge is -2.22. The summed E-state index contributed by atoms with van der Waals surface area (Å²) < 4.78 is 0. The molecule has 0 saturated heterocycles. The van der Waals surface area contributed by atoms with Gasteiger partial charge in [0.15, 0.2) is 0 Å². The second kappa shape index (κ2) is 3.77. The Morgan fingerprint density at radius 2 is 1.80 bits per heavy atom. The van der Waals surface area contributed by atoms with E-state index in [4.69, 9.17) is 0 Å². The van der Waals surface area contributed by atoms with Crippen LogP contribution in [0.25, 0.3) is 0 Å². The Labute approximate surface area is 89.2 Å². The summed E-state index contributed by atoms with van der Waals surface area (Å²) in [5.41, 5.74) is 3.22. The van der Waals surface area contributed by atoms with E-state index in [0.717, 1.165) is 11.3 Å². The molecule has 1 atom stereocenters. The number of urea groups is 1. The molecule has 1 unspecified atom stereocenters. The van der Waals surface area contributed by atoms with E-state index in [1.807, 2.05) is 44.2 Å². The molecule has 0 fully saturated rings. The van der Waals surface area contributed by atoms with Crippen LogP contribution in [0.2, 0.25) is 0 Å². The van der Waals surface area contributed by atoms with E-state index in [2.05, 4.69) is 10.6 Å². The maximum absolute atomic E-state index is 11.3. The number of hydrogen-bond acceptors (Lipinski definition) is 1. The van der Waals surface area contributed by atoms with Gasteiger partial charge in [-0.1, -0.05) is 29.8 Å². The van der Waals surface area contributed by atoms with Crippen LogP contribution in [0.3, 0.4) is 0 Å². The van der Waals surface area contributed by atoms with Crippen molar-refractivity contribution in [1.82, 2.24) is 10.6 Å². The smallest absolute Gasteiger partial charge is 0.319 e. The Morgan fingerprint density at radius 1 is 1.13 bits per heavy atom. The van der Waals surface area contributed by atoms with Crippen LogP contribution in [0.4, 0.5) is 4.79 Å². The van der Waals surface area contributed by atoms with Crippen molar-refractivity contribution in [2.24, 2.45) is 0 Å². The first-order valence-electron chi connectivity index (χ1n) is 4.97. The highest BCUT2D eigenvalue weighted by atomic mass is 16.2. The van der Waals surface area contributed by atoms with Crippen molar-refractivity contribution in [3.05, 3.63) is 47.2 Å². The van der Waals surface area contributed by atoms with Gasteiger partial charge >= 0.3 is 6.03 Å². The summed E-state index contributed by atoms with van der Waals surface area (Å²) in [7, 11) is 0. The number of amides is 2. The zero-order valence-corrected chi connectivity index (χ0v) is 8.87. The Kier molecular flexibility index (Phi) is 2.46. The van der Waals surface area contributed by atoms with E-state index in [9.17, 15) is 4.79 Å². The molecule has 1 aromatic rings. The lowest BCUT2D eigenvalue weighted by atomic mass is 10.0. The minimum Gasteiger partial charge on any atom is -0.327 e. The molecule has 0 radical (unpaired) electrons. The SMILES string of the molecule is CC1=CC(c2ccc(C)cc2)NC(=O)N1. The van der Waals surface area contributed by atoms with E-state index in [-0.39, 0.29) is 12.1 Å². The van der Waals surface area contributed by atoms with E-state index in [1.165, 1.54) is 5.56 Å². The highest BCUT2D eigenvalue weighted by Crippen LogP contribution is 2.18. The Morgan fingerprint density at radius 3 is 2.40 bits per heavy atom. The summed E-state index contributed by atoms with van der Waals surface area (Å²) in [4.78, 5) is 11.3. The third-order valence-electron chi connectivity index (χ3n) is 2.45. The van der Waals surface area contributed by atoms with Crippen molar-refractivity contribution in [1.29, 1.82) is 0 Å². The molecule has 3 nitrogen and oxygen atoms in total. The molecule has 1 heterocycles. The van der Waals surface area contributed by atoms with Crippen LogP contribution in [0.5, 0.6) is 0 Å². The normalized spacial score (nSPS) is 20.3. The van der Waals surface area contributed by atoms with Crippen molar-refractivity contribution in [3.8, 4) is 0 Å². The van der Waals surface area contributed by atoms with Crippen LogP contribution >= 0.6 is 0 Å². The Bertz CT molecular complexity index is 406. The van der Waals surface area contributed by atoms with Crippen LogP contribution in [0.15, 0.2) is 36.0 Å². The average Bonchev–Trinajstić information content (AvgIpc) is 2.17. The fourth-order valence-electron chi connectivity index (χ4n) is 1.64. The minimum absolute atomic E-state index is 0.0145. The molecule has 78 valence electrons. The maximum Gasteiger partial charge on any atom is 0.319 e. The van der Waals surface area contributed by atoms with E-state index in [1.54, 1.807) is 0 Å². The zero-order valence-electron chi connectivity index (χ0n) is 8.87. The molecule has 1 aliphatic heterocycles. The largest absolute Gasteiger partial charge is 0.327 e. The summed E-state index contributed by atoms with van der Waals surface area (Å²) in [6.45, 7) is 3.94. The molecule has 2 N–H and O–H groups in total. The van der Waals surface area contributed by atoms with Crippen molar-refractivity contribution >= 4 is 6.03 Å². The molecule has 2 rings (SSSR count). The fraction of sp³-hybridized carbons (Fsp3) is 0.250. The highest BCUT2D eigenvalue weighted by molar-refractivity contribution is 5.78. The van der Waals surface area contributed by atoms with E-state index < -0.39 is 0 Å². The molecule has 2 amide bonds. The lowest BCUT2D eigenvalue weighted by Crippen LogP contribution is -2.40. The van der Waals surface area contributed by atoms with Gasteiger partial charge in [-0.25, -0.2) is 4.79 Å². The van der Waals surface area contributed by atoms with Gasteiger partial charge in [-0.3, -0.25) is 0 Å². The minimum atomic E-state index is -0.138. The third-order valence-corrected chi connectivity index (χ3v) is 2.45. The predicted molar refractivity (Wildman–Crippen MR) is 59.3 cm³/mol. The number of nitrogens with one attached hydrogen (secondary N) is 2. The van der Waals surface area contributed by atoms with Crippen molar-refractivity contribution in [2.75, 3.05) is 0 Å². The van der Waals surface area contributed by atoms with Crippen LogP contribution < -0.4 is 10.6 Å². The molecule has 15 heavy (non-hydrogen) atoms. The summed E-state index contributed by atoms with van der Waals surface area (Å²) in [5.74, 6) is 0. The van der Waals surface area contributed by atoms with Gasteiger partial charge in [0, 0.05) is 5.70 Å².